The van der Waals surface area contributed by atoms with E-state index in [0.717, 1.165) is 11.1 Å². The van der Waals surface area contributed by atoms with Crippen LogP contribution < -0.4 is 16.0 Å². The molecule has 6 nitrogen and oxygen atoms in total. The van der Waals surface area contributed by atoms with Crippen LogP contribution in [-0.4, -0.2) is 4.98 Å². The highest BCUT2D eigenvalue weighted by molar-refractivity contribution is 6.31. The summed E-state index contributed by atoms with van der Waals surface area (Å²) in [6.45, 7) is 2.25. The van der Waals surface area contributed by atoms with Crippen LogP contribution in [0.1, 0.15) is 22.3 Å². The smallest absolute Gasteiger partial charge is 0.268 e. The molecule has 0 spiro atoms. The van der Waals surface area contributed by atoms with Crippen LogP contribution in [0.2, 0.25) is 5.02 Å². The lowest BCUT2D eigenvalue weighted by Crippen LogP contribution is -2.16. The summed E-state index contributed by atoms with van der Waals surface area (Å²) in [6, 6.07) is 16.4. The number of halogens is 1. The fraction of sp³-hybridized carbons (Fsp3) is 0.0952. The zero-order valence-electron chi connectivity index (χ0n) is 14.9. The summed E-state index contributed by atoms with van der Waals surface area (Å²) >= 11 is 6.13. The number of anilines is 1. The number of hydrogen-bond acceptors (Lipinski definition) is 5. The second-order valence-electron chi connectivity index (χ2n) is 6.13. The van der Waals surface area contributed by atoms with Crippen molar-refractivity contribution < 1.29 is 4.74 Å². The third kappa shape index (κ3) is 3.68. The molecule has 0 saturated heterocycles. The Morgan fingerprint density at radius 2 is 1.79 bits per heavy atom. The van der Waals surface area contributed by atoms with Crippen molar-refractivity contribution >= 4 is 17.4 Å². The van der Waals surface area contributed by atoms with Gasteiger partial charge >= 0.3 is 0 Å². The Bertz CT molecular complexity index is 1190. The van der Waals surface area contributed by atoms with Crippen molar-refractivity contribution in [1.29, 1.82) is 10.5 Å². The molecule has 0 aliphatic carbocycles. The first kappa shape index (κ1) is 19.0. The Kier molecular flexibility index (Phi) is 5.35. The average molecular weight is 391 g/mol. The van der Waals surface area contributed by atoms with Crippen LogP contribution in [0, 0.1) is 29.6 Å². The second kappa shape index (κ2) is 7.87. The Balaban J connectivity index is 2.15. The number of rotatable bonds is 4. The minimum atomic E-state index is -0.682. The predicted octanol–water partition coefficient (Wildman–Crippen LogP) is 3.91. The van der Waals surface area contributed by atoms with Crippen LogP contribution in [-0.2, 0) is 6.61 Å². The van der Waals surface area contributed by atoms with Gasteiger partial charge in [-0.05, 0) is 30.7 Å². The summed E-state index contributed by atoms with van der Waals surface area (Å²) in [4.78, 5) is 14.5. The van der Waals surface area contributed by atoms with E-state index in [1.165, 1.54) is 0 Å². The Labute approximate surface area is 166 Å². The van der Waals surface area contributed by atoms with Crippen molar-refractivity contribution in [2.75, 3.05) is 5.73 Å². The number of hydrogen-bond donors (Lipinski definition) is 2. The van der Waals surface area contributed by atoms with E-state index in [9.17, 15) is 15.3 Å². The fourth-order valence-electron chi connectivity index (χ4n) is 2.78. The number of nitrogens with one attached hydrogen (secondary N) is 1. The topological polar surface area (TPSA) is 116 Å². The quantitative estimate of drug-likeness (QED) is 0.700. The highest BCUT2D eigenvalue weighted by Crippen LogP contribution is 2.37. The first-order valence-corrected chi connectivity index (χ1v) is 8.66. The highest BCUT2D eigenvalue weighted by atomic mass is 35.5. The maximum absolute atomic E-state index is 12.2. The van der Waals surface area contributed by atoms with E-state index >= 15 is 0 Å². The molecule has 138 valence electrons. The number of nitrogen functional groups attached to an aromatic ring is 1. The zero-order chi connectivity index (χ0) is 20.3. The minimum Gasteiger partial charge on any atom is -0.488 e. The molecule has 0 atom stereocenters. The number of ether oxygens (including phenoxy) is 1. The molecule has 0 unspecified atom stereocenters. The molecule has 0 saturated carbocycles. The molecule has 3 aromatic rings. The molecule has 1 aromatic heterocycles. The van der Waals surface area contributed by atoms with Crippen LogP contribution in [0.25, 0.3) is 11.1 Å². The van der Waals surface area contributed by atoms with Gasteiger partial charge in [0.05, 0.1) is 0 Å². The summed E-state index contributed by atoms with van der Waals surface area (Å²) in [5, 5.41) is 19.4. The largest absolute Gasteiger partial charge is 0.488 e. The summed E-state index contributed by atoms with van der Waals surface area (Å²) < 4.78 is 5.92. The molecule has 7 heteroatoms. The van der Waals surface area contributed by atoms with E-state index in [1.54, 1.807) is 18.2 Å². The van der Waals surface area contributed by atoms with Crippen LogP contribution in [0.4, 0.5) is 5.82 Å². The van der Waals surface area contributed by atoms with Gasteiger partial charge in [0, 0.05) is 16.1 Å². The number of nitriles is 2. The summed E-state index contributed by atoms with van der Waals surface area (Å²) in [6.07, 6.45) is 0. The van der Waals surface area contributed by atoms with Crippen LogP contribution in [0.15, 0.2) is 47.3 Å². The summed E-state index contributed by atoms with van der Waals surface area (Å²) in [5.41, 5.74) is 7.40. The molecule has 3 N–H and O–H groups in total. The van der Waals surface area contributed by atoms with E-state index in [0.29, 0.717) is 16.3 Å². The third-order valence-electron chi connectivity index (χ3n) is 4.19. The van der Waals surface area contributed by atoms with E-state index in [1.807, 2.05) is 43.3 Å². The van der Waals surface area contributed by atoms with Gasteiger partial charge in [0.15, 0.2) is 0 Å². The van der Waals surface area contributed by atoms with Gasteiger partial charge in [-0.1, -0.05) is 41.4 Å². The number of nitrogens with zero attached hydrogens (tertiary/aromatic N) is 2. The lowest BCUT2D eigenvalue weighted by atomic mass is 9.96. The first-order chi connectivity index (χ1) is 13.4. The molecule has 3 rings (SSSR count). The Morgan fingerprint density at radius 3 is 2.43 bits per heavy atom. The van der Waals surface area contributed by atoms with Crippen LogP contribution in [0.3, 0.4) is 0 Å². The van der Waals surface area contributed by atoms with Crippen molar-refractivity contribution in [1.82, 2.24) is 4.98 Å². The van der Waals surface area contributed by atoms with Gasteiger partial charge in [-0.3, -0.25) is 4.79 Å². The van der Waals surface area contributed by atoms with Gasteiger partial charge in [0.2, 0.25) is 0 Å². The van der Waals surface area contributed by atoms with Crippen molar-refractivity contribution in [3.63, 3.8) is 0 Å². The number of H-pyrrole nitrogens is 1. The lowest BCUT2D eigenvalue weighted by molar-refractivity contribution is 0.307. The van der Waals surface area contributed by atoms with E-state index < -0.39 is 5.56 Å². The normalized spacial score (nSPS) is 10.1. The van der Waals surface area contributed by atoms with E-state index in [-0.39, 0.29) is 29.1 Å². The Morgan fingerprint density at radius 1 is 1.11 bits per heavy atom. The van der Waals surface area contributed by atoms with Gasteiger partial charge in [0.1, 0.15) is 41.4 Å². The average Bonchev–Trinajstić information content (AvgIpc) is 2.67. The second-order valence-corrected chi connectivity index (χ2v) is 6.57. The van der Waals surface area contributed by atoms with Crippen molar-refractivity contribution in [3.8, 4) is 29.0 Å². The molecule has 0 aliphatic heterocycles. The van der Waals surface area contributed by atoms with Crippen LogP contribution in [0.5, 0.6) is 5.75 Å². The minimum absolute atomic E-state index is 0.0152. The van der Waals surface area contributed by atoms with Gasteiger partial charge in [-0.15, -0.1) is 0 Å². The molecule has 0 amide bonds. The lowest BCUT2D eigenvalue weighted by Gasteiger charge is -2.15. The molecule has 1 heterocycles. The maximum atomic E-state index is 12.2. The highest BCUT2D eigenvalue weighted by Gasteiger charge is 2.21. The van der Waals surface area contributed by atoms with E-state index in [4.69, 9.17) is 22.1 Å². The predicted molar refractivity (Wildman–Crippen MR) is 107 cm³/mol. The number of aromatic nitrogens is 1. The number of benzene rings is 2. The van der Waals surface area contributed by atoms with Crippen molar-refractivity contribution in [3.05, 3.63) is 80.1 Å². The summed E-state index contributed by atoms with van der Waals surface area (Å²) in [7, 11) is 0. The van der Waals surface area contributed by atoms with E-state index in [2.05, 4.69) is 4.98 Å². The zero-order valence-corrected chi connectivity index (χ0v) is 15.7. The van der Waals surface area contributed by atoms with Gasteiger partial charge in [-0.2, -0.15) is 10.5 Å². The number of aromatic amines is 1. The first-order valence-electron chi connectivity index (χ1n) is 8.28. The molecule has 0 fully saturated rings. The monoisotopic (exact) mass is 390 g/mol. The van der Waals surface area contributed by atoms with Crippen molar-refractivity contribution in [2.24, 2.45) is 0 Å². The van der Waals surface area contributed by atoms with Gasteiger partial charge in [0.25, 0.3) is 5.56 Å². The Hall–Kier alpha value is -3.74. The van der Waals surface area contributed by atoms with Crippen molar-refractivity contribution in [2.45, 2.75) is 13.5 Å². The maximum Gasteiger partial charge on any atom is 0.268 e. The molecule has 0 bridgehead atoms. The van der Waals surface area contributed by atoms with Gasteiger partial charge < -0.3 is 15.5 Å². The molecule has 28 heavy (non-hydrogen) atoms. The fourth-order valence-corrected chi connectivity index (χ4v) is 2.95. The number of pyridine rings is 1. The third-order valence-corrected chi connectivity index (χ3v) is 4.43. The standard InChI is InChI=1S/C21H15ClN4O2/c1-12-2-4-13(5-3-12)11-28-18-7-6-14(22)8-15(18)19-16(9-23)20(25)26-21(27)17(19)10-24/h2-8H,11H2,1H3,(H3,25,26,27). The molecule has 2 aromatic carbocycles. The van der Waals surface area contributed by atoms with Crippen LogP contribution >= 0.6 is 11.6 Å². The molecular weight excluding hydrogens is 376 g/mol. The van der Waals surface area contributed by atoms with Gasteiger partial charge in [-0.25, -0.2) is 0 Å². The number of aryl methyl sites for hydroxylation is 1. The molecular formula is C21H15ClN4O2. The summed E-state index contributed by atoms with van der Waals surface area (Å²) in [5.74, 6) is 0.258. The molecule has 0 aliphatic rings. The number of nitrogens with two attached hydrogens (primary N) is 1. The SMILES string of the molecule is Cc1ccc(COc2ccc(Cl)cc2-c2c(C#N)c(N)[nH]c(=O)c2C#N)cc1. The molecule has 0 radical (unpaired) electrons.